The quantitative estimate of drug-likeness (QED) is 0.522. The van der Waals surface area contributed by atoms with Gasteiger partial charge in [0.1, 0.15) is 0 Å². The fraction of sp³-hybridized carbons (Fsp3) is 0.364. The van der Waals surface area contributed by atoms with E-state index in [1.54, 1.807) is 12.5 Å². The third-order valence-corrected chi connectivity index (χ3v) is 5.88. The van der Waals surface area contributed by atoms with Crippen LogP contribution in [0.5, 0.6) is 0 Å². The van der Waals surface area contributed by atoms with E-state index in [-0.39, 0.29) is 0 Å². The zero-order chi connectivity index (χ0) is 19.8. The summed E-state index contributed by atoms with van der Waals surface area (Å²) in [5.41, 5.74) is 4.94. The second-order valence-electron chi connectivity index (χ2n) is 7.98. The summed E-state index contributed by atoms with van der Waals surface area (Å²) in [5, 5.41) is 4.51. The Labute approximate surface area is 169 Å². The second-order valence-corrected chi connectivity index (χ2v) is 7.98. The Hall–Kier alpha value is -3.06. The van der Waals surface area contributed by atoms with E-state index >= 15 is 0 Å². The Morgan fingerprint density at radius 2 is 2.07 bits per heavy atom. The molecule has 1 atom stereocenters. The Morgan fingerprint density at radius 3 is 2.86 bits per heavy atom. The molecular formula is C22H25N7. The summed E-state index contributed by atoms with van der Waals surface area (Å²) in [6.07, 6.45) is 13.1. The van der Waals surface area contributed by atoms with Crippen LogP contribution < -0.4 is 0 Å². The molecule has 1 aliphatic rings. The maximum Gasteiger partial charge on any atom is 0.178 e. The van der Waals surface area contributed by atoms with Gasteiger partial charge in [-0.2, -0.15) is 5.10 Å². The first-order valence-corrected chi connectivity index (χ1v) is 10.2. The van der Waals surface area contributed by atoms with Crippen LogP contribution in [0.2, 0.25) is 0 Å². The summed E-state index contributed by atoms with van der Waals surface area (Å²) >= 11 is 0. The van der Waals surface area contributed by atoms with Gasteiger partial charge in [0.2, 0.25) is 0 Å². The second kappa shape index (κ2) is 7.40. The lowest BCUT2D eigenvalue weighted by molar-refractivity contribution is 0.311. The first-order chi connectivity index (χ1) is 14.2. The van der Waals surface area contributed by atoms with Crippen LogP contribution in [-0.4, -0.2) is 54.3 Å². The molecule has 0 aliphatic heterocycles. The van der Waals surface area contributed by atoms with Crippen molar-refractivity contribution in [1.82, 2.24) is 34.6 Å². The summed E-state index contributed by atoms with van der Waals surface area (Å²) < 4.78 is 1.81. The average molecular weight is 387 g/mol. The number of aromatic nitrogens is 6. The van der Waals surface area contributed by atoms with Crippen LogP contribution in [0.25, 0.3) is 28.1 Å². The lowest BCUT2D eigenvalue weighted by Gasteiger charge is -2.19. The number of aromatic amines is 1. The third-order valence-electron chi connectivity index (χ3n) is 5.88. The van der Waals surface area contributed by atoms with Crippen LogP contribution in [0.4, 0.5) is 0 Å². The molecule has 1 aliphatic carbocycles. The van der Waals surface area contributed by atoms with Crippen LogP contribution in [0.1, 0.15) is 37.7 Å². The Morgan fingerprint density at radius 1 is 1.17 bits per heavy atom. The largest absolute Gasteiger partial charge is 0.343 e. The van der Waals surface area contributed by atoms with Gasteiger partial charge in [-0.3, -0.25) is 0 Å². The number of hydrogen-bond donors (Lipinski definition) is 1. The van der Waals surface area contributed by atoms with Gasteiger partial charge in [-0.05, 0) is 56.5 Å². The van der Waals surface area contributed by atoms with Crippen molar-refractivity contribution in [2.24, 2.45) is 0 Å². The minimum Gasteiger partial charge on any atom is -0.343 e. The number of H-pyrrole nitrogens is 1. The van der Waals surface area contributed by atoms with E-state index in [1.165, 1.54) is 18.4 Å². The molecule has 4 heterocycles. The van der Waals surface area contributed by atoms with Crippen molar-refractivity contribution in [2.75, 3.05) is 13.6 Å². The molecule has 0 aromatic carbocycles. The Kier molecular flexibility index (Phi) is 4.60. The van der Waals surface area contributed by atoms with Crippen LogP contribution in [0, 0.1) is 0 Å². The monoisotopic (exact) mass is 387 g/mol. The highest BCUT2D eigenvalue weighted by atomic mass is 15.3. The molecule has 5 rings (SSSR count). The number of hydrogen-bond acceptors (Lipinski definition) is 5. The number of nitrogens with zero attached hydrogens (tertiary/aromatic N) is 6. The highest BCUT2D eigenvalue weighted by Gasteiger charge is 2.25. The third kappa shape index (κ3) is 3.65. The molecular weight excluding hydrogens is 362 g/mol. The molecule has 0 bridgehead atoms. The number of nitrogens with one attached hydrogen (secondary N) is 1. The number of imidazole rings is 1. The molecule has 4 aromatic heterocycles. The van der Waals surface area contributed by atoms with Crippen molar-refractivity contribution in [1.29, 1.82) is 0 Å². The minimum absolute atomic E-state index is 0.497. The van der Waals surface area contributed by atoms with E-state index in [0.717, 1.165) is 41.5 Å². The molecule has 1 saturated carbocycles. The molecule has 29 heavy (non-hydrogen) atoms. The topological polar surface area (TPSA) is 75.5 Å². The van der Waals surface area contributed by atoms with E-state index in [9.17, 15) is 0 Å². The van der Waals surface area contributed by atoms with Crippen LogP contribution in [-0.2, 0) is 0 Å². The lowest BCUT2D eigenvalue weighted by Crippen LogP contribution is -2.23. The summed E-state index contributed by atoms with van der Waals surface area (Å²) in [6, 6.07) is 7.01. The molecule has 7 heteroatoms. The summed E-state index contributed by atoms with van der Waals surface area (Å²) in [5.74, 6) is 1.31. The summed E-state index contributed by atoms with van der Waals surface area (Å²) in [4.78, 5) is 18.8. The molecule has 1 fully saturated rings. The Balaban J connectivity index is 1.31. The molecule has 1 unspecified atom stereocenters. The van der Waals surface area contributed by atoms with Crippen molar-refractivity contribution < 1.29 is 0 Å². The van der Waals surface area contributed by atoms with Crippen LogP contribution in [0.15, 0.2) is 49.3 Å². The van der Waals surface area contributed by atoms with E-state index < -0.39 is 0 Å². The van der Waals surface area contributed by atoms with Gasteiger partial charge >= 0.3 is 0 Å². The first kappa shape index (κ1) is 18.0. The van der Waals surface area contributed by atoms with E-state index in [4.69, 9.17) is 0 Å². The maximum absolute atomic E-state index is 4.66. The predicted octanol–water partition coefficient (Wildman–Crippen LogP) is 3.79. The van der Waals surface area contributed by atoms with Gasteiger partial charge in [0.15, 0.2) is 11.5 Å². The van der Waals surface area contributed by atoms with Crippen LogP contribution >= 0.6 is 0 Å². The summed E-state index contributed by atoms with van der Waals surface area (Å²) in [6.45, 7) is 3.42. The van der Waals surface area contributed by atoms with Crippen molar-refractivity contribution in [3.05, 3.63) is 54.9 Å². The molecule has 7 nitrogen and oxygen atoms in total. The van der Waals surface area contributed by atoms with Gasteiger partial charge in [0, 0.05) is 35.8 Å². The highest BCUT2D eigenvalue weighted by molar-refractivity contribution is 5.88. The normalized spacial score (nSPS) is 15.3. The molecule has 0 spiro atoms. The fourth-order valence-corrected chi connectivity index (χ4v) is 3.76. The molecule has 0 radical (unpaired) electrons. The number of rotatable bonds is 7. The average Bonchev–Trinajstić information content (AvgIpc) is 3.29. The van der Waals surface area contributed by atoms with Gasteiger partial charge in [0.25, 0.3) is 0 Å². The number of pyridine rings is 2. The van der Waals surface area contributed by atoms with Gasteiger partial charge < -0.3 is 9.88 Å². The molecule has 4 aromatic rings. The standard InChI is InChI=1S/C22H25N7/c1-15(8-10-28(2)18-4-5-18)16-3-6-20(24-11-16)29-13-17(12-27-29)19-7-9-23-22-21(19)25-14-26-22/h3,6-7,9,11-15,18H,4-5,8,10H2,1-2H3,(H,23,25,26). The minimum atomic E-state index is 0.497. The van der Waals surface area contributed by atoms with Crippen LogP contribution in [0.3, 0.4) is 0 Å². The van der Waals surface area contributed by atoms with Gasteiger partial charge in [-0.25, -0.2) is 19.6 Å². The lowest BCUT2D eigenvalue weighted by atomic mass is 9.99. The molecule has 148 valence electrons. The van der Waals surface area contributed by atoms with Crippen molar-refractivity contribution >= 4 is 11.2 Å². The molecule has 0 amide bonds. The zero-order valence-corrected chi connectivity index (χ0v) is 16.8. The number of fused-ring (bicyclic) bond motifs is 1. The predicted molar refractivity (Wildman–Crippen MR) is 113 cm³/mol. The fourth-order valence-electron chi connectivity index (χ4n) is 3.76. The maximum atomic E-state index is 4.66. The molecule has 0 saturated heterocycles. The van der Waals surface area contributed by atoms with Gasteiger partial charge in [-0.15, -0.1) is 0 Å². The Bertz CT molecular complexity index is 1110. The van der Waals surface area contributed by atoms with Crippen molar-refractivity contribution in [3.63, 3.8) is 0 Å². The SMILES string of the molecule is CC(CCN(C)C1CC1)c1ccc(-n2cc(-c3ccnc4nc[nH]c34)cn2)nc1. The van der Waals surface area contributed by atoms with E-state index in [0.29, 0.717) is 11.6 Å². The van der Waals surface area contributed by atoms with Crippen molar-refractivity contribution in [2.45, 2.75) is 38.1 Å². The van der Waals surface area contributed by atoms with E-state index in [2.05, 4.69) is 50.0 Å². The van der Waals surface area contributed by atoms with Crippen molar-refractivity contribution in [3.8, 4) is 16.9 Å². The van der Waals surface area contributed by atoms with E-state index in [1.807, 2.05) is 35.4 Å². The smallest absolute Gasteiger partial charge is 0.178 e. The first-order valence-electron chi connectivity index (χ1n) is 10.2. The zero-order valence-electron chi connectivity index (χ0n) is 16.8. The molecule has 1 N–H and O–H groups in total. The summed E-state index contributed by atoms with van der Waals surface area (Å²) in [7, 11) is 2.24. The van der Waals surface area contributed by atoms with Gasteiger partial charge in [-0.1, -0.05) is 13.0 Å². The highest BCUT2D eigenvalue weighted by Crippen LogP contribution is 2.28. The van der Waals surface area contributed by atoms with Gasteiger partial charge in [0.05, 0.1) is 18.0 Å².